The maximum absolute atomic E-state index is 13.9. The van der Waals surface area contributed by atoms with Crippen molar-refractivity contribution in [1.82, 2.24) is 9.88 Å². The first-order chi connectivity index (χ1) is 18.2. The molecular formula is C30H36N2O6. The summed E-state index contributed by atoms with van der Waals surface area (Å²) in [6.07, 6.45) is 9.82. The Morgan fingerprint density at radius 1 is 1.16 bits per heavy atom. The zero-order chi connectivity index (χ0) is 26.9. The average molecular weight is 521 g/mol. The van der Waals surface area contributed by atoms with E-state index in [0.29, 0.717) is 12.3 Å². The second-order valence-corrected chi connectivity index (χ2v) is 11.7. The molecule has 8 nitrogen and oxygen atoms in total. The molecule has 3 atom stereocenters. The predicted molar refractivity (Wildman–Crippen MR) is 142 cm³/mol. The Morgan fingerprint density at radius 2 is 1.95 bits per heavy atom. The lowest BCUT2D eigenvalue weighted by molar-refractivity contribution is -0.155. The molecule has 1 aliphatic carbocycles. The number of hydrogen-bond donors (Lipinski definition) is 1. The minimum Gasteiger partial charge on any atom is -0.480 e. The van der Waals surface area contributed by atoms with Crippen LogP contribution >= 0.6 is 0 Å². The number of cyclic esters (lactones) is 1. The molecule has 1 aromatic heterocycles. The zero-order valence-electron chi connectivity index (χ0n) is 22.1. The molecule has 0 spiro atoms. The summed E-state index contributed by atoms with van der Waals surface area (Å²) in [4.78, 5) is 44.9. The van der Waals surface area contributed by atoms with Crippen molar-refractivity contribution >= 4 is 34.7 Å². The number of esters is 1. The zero-order valence-corrected chi connectivity index (χ0v) is 22.1. The smallest absolute Gasteiger partial charge is 0.326 e. The van der Waals surface area contributed by atoms with Gasteiger partial charge in [0, 0.05) is 23.4 Å². The average Bonchev–Trinajstić information content (AvgIpc) is 3.56. The lowest BCUT2D eigenvalue weighted by Gasteiger charge is -2.30. The highest BCUT2D eigenvalue weighted by molar-refractivity contribution is 5.90. The number of carbonyl (C=O) groups is 3. The highest BCUT2D eigenvalue weighted by Crippen LogP contribution is 2.37. The molecule has 3 aliphatic rings. The van der Waals surface area contributed by atoms with E-state index in [1.54, 1.807) is 6.20 Å². The van der Waals surface area contributed by atoms with Gasteiger partial charge < -0.3 is 19.5 Å². The SMILES string of the molecule is CC1(C)C/C=C/c2ccc3ccnc(c3c2)O[C@@H]2C[C@@H](C(=O)O)N(C2)C(=O)[C@H](C2CCCC2)CC(=O)OC1. The second-order valence-electron chi connectivity index (χ2n) is 11.7. The molecule has 0 unspecified atom stereocenters. The van der Waals surface area contributed by atoms with Crippen LogP contribution in [-0.4, -0.2) is 58.1 Å². The number of rotatable bonds is 2. The van der Waals surface area contributed by atoms with E-state index in [1.165, 1.54) is 4.90 Å². The van der Waals surface area contributed by atoms with E-state index in [9.17, 15) is 19.5 Å². The normalized spacial score (nSPS) is 27.5. The first kappa shape index (κ1) is 26.2. The van der Waals surface area contributed by atoms with Gasteiger partial charge in [-0.1, -0.05) is 51.0 Å². The highest BCUT2D eigenvalue weighted by Gasteiger charge is 2.45. The molecule has 8 heteroatoms. The number of benzene rings is 1. The summed E-state index contributed by atoms with van der Waals surface area (Å²) < 4.78 is 12.0. The number of aliphatic carboxylic acids is 1. The molecule has 1 saturated heterocycles. The minimum absolute atomic E-state index is 0.0325. The van der Waals surface area contributed by atoms with Gasteiger partial charge in [0.15, 0.2) is 0 Å². The largest absolute Gasteiger partial charge is 0.480 e. The first-order valence-electron chi connectivity index (χ1n) is 13.6. The summed E-state index contributed by atoms with van der Waals surface area (Å²) in [5.74, 6) is -1.88. The van der Waals surface area contributed by atoms with Crippen molar-refractivity contribution in [3.05, 3.63) is 42.1 Å². The van der Waals surface area contributed by atoms with Crippen LogP contribution in [0.25, 0.3) is 16.8 Å². The monoisotopic (exact) mass is 520 g/mol. The molecule has 1 N–H and O–H groups in total. The molecule has 2 fully saturated rings. The highest BCUT2D eigenvalue weighted by atomic mass is 16.5. The Labute approximate surface area is 223 Å². The molecule has 202 valence electrons. The van der Waals surface area contributed by atoms with Gasteiger partial charge in [0.25, 0.3) is 0 Å². The van der Waals surface area contributed by atoms with Gasteiger partial charge in [-0.15, -0.1) is 0 Å². The summed E-state index contributed by atoms with van der Waals surface area (Å²) in [5, 5.41) is 11.8. The van der Waals surface area contributed by atoms with Crippen LogP contribution in [0.4, 0.5) is 0 Å². The number of hydrogen-bond acceptors (Lipinski definition) is 6. The maximum atomic E-state index is 13.9. The standard InChI is InChI=1S/C30H36N2O6/c1-30(2)12-5-6-19-9-10-21-11-13-31-27(23(21)14-19)38-22-15-25(29(35)36)32(17-22)28(34)24(16-26(33)37-18-30)20-7-3-4-8-20/h5-6,9-11,13-14,20,22,24-25H,3-4,7-8,12,15-18H2,1-2H3,(H,35,36)/b6-5+/t22-,24+,25+/m1/s1. The molecule has 1 aromatic carbocycles. The van der Waals surface area contributed by atoms with E-state index >= 15 is 0 Å². The molecule has 2 aromatic rings. The van der Waals surface area contributed by atoms with Crippen LogP contribution in [0.5, 0.6) is 5.88 Å². The summed E-state index contributed by atoms with van der Waals surface area (Å²) in [5.41, 5.74) is 0.698. The lowest BCUT2D eigenvalue weighted by Crippen LogP contribution is -2.46. The van der Waals surface area contributed by atoms with E-state index < -0.39 is 30.0 Å². The van der Waals surface area contributed by atoms with Crippen LogP contribution in [0.2, 0.25) is 0 Å². The fourth-order valence-electron chi connectivity index (χ4n) is 5.99. The van der Waals surface area contributed by atoms with E-state index in [-0.39, 0.29) is 43.2 Å². The Kier molecular flexibility index (Phi) is 7.41. The Bertz CT molecular complexity index is 1250. The van der Waals surface area contributed by atoms with Gasteiger partial charge in [-0.3, -0.25) is 9.59 Å². The van der Waals surface area contributed by atoms with Gasteiger partial charge >= 0.3 is 11.9 Å². The molecule has 2 aliphatic heterocycles. The topological polar surface area (TPSA) is 106 Å². The van der Waals surface area contributed by atoms with E-state index in [4.69, 9.17) is 9.47 Å². The molecule has 5 rings (SSSR count). The number of ether oxygens (including phenoxy) is 2. The molecule has 3 heterocycles. The van der Waals surface area contributed by atoms with E-state index in [0.717, 1.165) is 42.0 Å². The number of pyridine rings is 1. The van der Waals surface area contributed by atoms with Crippen LogP contribution in [-0.2, 0) is 19.1 Å². The fraction of sp³-hybridized carbons (Fsp3) is 0.533. The van der Waals surface area contributed by atoms with Crippen molar-refractivity contribution in [2.45, 2.75) is 70.9 Å². The summed E-state index contributed by atoms with van der Waals surface area (Å²) >= 11 is 0. The van der Waals surface area contributed by atoms with Gasteiger partial charge in [-0.05, 0) is 48.3 Å². The van der Waals surface area contributed by atoms with Crippen molar-refractivity contribution in [1.29, 1.82) is 0 Å². The number of fused-ring (bicyclic) bond motifs is 3. The number of nitrogens with zero attached hydrogens (tertiary/aromatic N) is 2. The van der Waals surface area contributed by atoms with Crippen molar-refractivity contribution in [2.75, 3.05) is 13.2 Å². The third-order valence-electron chi connectivity index (χ3n) is 8.14. The van der Waals surface area contributed by atoms with Crippen LogP contribution in [0, 0.1) is 17.3 Å². The molecule has 1 amide bonds. The fourth-order valence-corrected chi connectivity index (χ4v) is 5.99. The van der Waals surface area contributed by atoms with E-state index in [1.807, 2.05) is 44.2 Å². The van der Waals surface area contributed by atoms with Crippen LogP contribution in [0.3, 0.4) is 0 Å². The third kappa shape index (κ3) is 5.69. The third-order valence-corrected chi connectivity index (χ3v) is 8.14. The predicted octanol–water partition coefficient (Wildman–Crippen LogP) is 4.85. The summed E-state index contributed by atoms with van der Waals surface area (Å²) in [6, 6.07) is 6.93. The van der Waals surface area contributed by atoms with Gasteiger partial charge in [0.2, 0.25) is 11.8 Å². The molecular weight excluding hydrogens is 484 g/mol. The quantitative estimate of drug-likeness (QED) is 0.564. The number of allylic oxidation sites excluding steroid dienone is 1. The van der Waals surface area contributed by atoms with Crippen molar-refractivity contribution in [2.24, 2.45) is 17.3 Å². The van der Waals surface area contributed by atoms with Crippen LogP contribution in [0.15, 0.2) is 36.5 Å². The maximum Gasteiger partial charge on any atom is 0.326 e. The molecule has 0 radical (unpaired) electrons. The van der Waals surface area contributed by atoms with Crippen molar-refractivity contribution < 1.29 is 29.0 Å². The number of carboxylic acids is 1. The Morgan fingerprint density at radius 3 is 2.71 bits per heavy atom. The molecule has 38 heavy (non-hydrogen) atoms. The van der Waals surface area contributed by atoms with E-state index in [2.05, 4.69) is 11.1 Å². The number of amides is 1. The number of carboxylic acid groups (broad SMARTS) is 1. The van der Waals surface area contributed by atoms with Gasteiger partial charge in [0.05, 0.1) is 25.5 Å². The van der Waals surface area contributed by atoms with Crippen LogP contribution < -0.4 is 4.74 Å². The minimum atomic E-state index is -1.07. The molecule has 1 saturated carbocycles. The Balaban J connectivity index is 1.52. The van der Waals surface area contributed by atoms with Gasteiger partial charge in [0.1, 0.15) is 12.1 Å². The molecule has 4 bridgehead atoms. The number of aromatic nitrogens is 1. The first-order valence-corrected chi connectivity index (χ1v) is 13.6. The summed E-state index contributed by atoms with van der Waals surface area (Å²) in [6.45, 7) is 4.46. The lowest BCUT2D eigenvalue weighted by atomic mass is 9.86. The Hall–Kier alpha value is -3.42. The van der Waals surface area contributed by atoms with Crippen molar-refractivity contribution in [3.63, 3.8) is 0 Å². The van der Waals surface area contributed by atoms with Gasteiger partial charge in [-0.25, -0.2) is 9.78 Å². The van der Waals surface area contributed by atoms with Crippen molar-refractivity contribution in [3.8, 4) is 5.88 Å². The second kappa shape index (κ2) is 10.8. The number of carbonyl (C=O) groups excluding carboxylic acids is 2. The van der Waals surface area contributed by atoms with Gasteiger partial charge in [-0.2, -0.15) is 0 Å². The van der Waals surface area contributed by atoms with Crippen LogP contribution in [0.1, 0.15) is 64.4 Å². The summed E-state index contributed by atoms with van der Waals surface area (Å²) in [7, 11) is 0.